The molecule has 1 amide bonds. The van der Waals surface area contributed by atoms with Gasteiger partial charge >= 0.3 is 6.03 Å². The second-order valence-electron chi connectivity index (χ2n) is 8.65. The Kier molecular flexibility index (Phi) is 6.79. The van der Waals surface area contributed by atoms with Crippen LogP contribution >= 0.6 is 23.2 Å². The van der Waals surface area contributed by atoms with Crippen LogP contribution < -0.4 is 10.5 Å². The van der Waals surface area contributed by atoms with Crippen molar-refractivity contribution in [1.29, 1.82) is 0 Å². The zero-order valence-electron chi connectivity index (χ0n) is 18.7. The van der Waals surface area contributed by atoms with Gasteiger partial charge in [0.15, 0.2) is 0 Å². The maximum Gasteiger partial charge on any atom is 0.332 e. The minimum Gasteiger partial charge on any atom is -0.379 e. The molecule has 1 aromatic heterocycles. The predicted molar refractivity (Wildman–Crippen MR) is 135 cm³/mol. The topological polar surface area (TPSA) is 58.0 Å². The zero-order chi connectivity index (χ0) is 23.7. The van der Waals surface area contributed by atoms with E-state index in [4.69, 9.17) is 27.9 Å². The summed E-state index contributed by atoms with van der Waals surface area (Å²) in [4.78, 5) is 33.0. The first-order valence-corrected chi connectivity index (χ1v) is 12.2. The SMILES string of the molecule is O=C(N1CCN(c2ccc(Cl)c(Cl)c2)CC1CN1CCOCC1)n1c(=O)ccc2ccccc21. The number of aromatic nitrogens is 1. The number of fused-ring (bicyclic) bond motifs is 1. The summed E-state index contributed by atoms with van der Waals surface area (Å²) in [5.41, 5.74) is 1.27. The van der Waals surface area contributed by atoms with Crippen molar-refractivity contribution in [2.45, 2.75) is 6.04 Å². The molecule has 178 valence electrons. The van der Waals surface area contributed by atoms with Crippen molar-refractivity contribution in [3.63, 3.8) is 0 Å². The molecule has 0 N–H and O–H groups in total. The van der Waals surface area contributed by atoms with Crippen LogP contribution in [0.1, 0.15) is 0 Å². The molecule has 5 rings (SSSR count). The summed E-state index contributed by atoms with van der Waals surface area (Å²) in [6.07, 6.45) is 0. The molecular formula is C25H26Cl2N4O3. The third-order valence-corrected chi connectivity index (χ3v) is 7.30. The maximum absolute atomic E-state index is 13.8. The lowest BCUT2D eigenvalue weighted by Crippen LogP contribution is -2.61. The number of rotatable bonds is 3. The van der Waals surface area contributed by atoms with Crippen molar-refractivity contribution in [2.75, 3.05) is 57.4 Å². The first kappa shape index (κ1) is 23.2. The Labute approximate surface area is 208 Å². The lowest BCUT2D eigenvalue weighted by molar-refractivity contribution is 0.0252. The summed E-state index contributed by atoms with van der Waals surface area (Å²) in [5, 5.41) is 1.87. The number of carbonyl (C=O) groups is 1. The monoisotopic (exact) mass is 500 g/mol. The second kappa shape index (κ2) is 9.96. The minimum atomic E-state index is -0.319. The number of carbonyl (C=O) groups excluding carboxylic acids is 1. The number of benzene rings is 2. The lowest BCUT2D eigenvalue weighted by atomic mass is 10.1. The van der Waals surface area contributed by atoms with Crippen LogP contribution in [0, 0.1) is 0 Å². The van der Waals surface area contributed by atoms with Gasteiger partial charge < -0.3 is 14.5 Å². The van der Waals surface area contributed by atoms with Crippen LogP contribution in [0.15, 0.2) is 59.4 Å². The van der Waals surface area contributed by atoms with E-state index in [0.29, 0.717) is 55.0 Å². The van der Waals surface area contributed by atoms with Gasteiger partial charge in [0, 0.05) is 51.0 Å². The van der Waals surface area contributed by atoms with Crippen LogP contribution in [0.4, 0.5) is 10.5 Å². The molecule has 3 heterocycles. The fourth-order valence-corrected chi connectivity index (χ4v) is 5.07. The molecule has 0 saturated carbocycles. The molecule has 0 spiro atoms. The zero-order valence-corrected chi connectivity index (χ0v) is 20.2. The first-order chi connectivity index (χ1) is 16.5. The molecule has 7 nitrogen and oxygen atoms in total. The largest absolute Gasteiger partial charge is 0.379 e. The third kappa shape index (κ3) is 4.66. The second-order valence-corrected chi connectivity index (χ2v) is 9.47. The molecule has 1 unspecified atom stereocenters. The number of para-hydroxylation sites is 1. The van der Waals surface area contributed by atoms with E-state index in [1.54, 1.807) is 12.1 Å². The Morgan fingerprint density at radius 2 is 1.74 bits per heavy atom. The normalized spacial score (nSPS) is 19.5. The predicted octanol–water partition coefficient (Wildman–Crippen LogP) is 3.80. The van der Waals surface area contributed by atoms with E-state index in [1.165, 1.54) is 10.6 Å². The number of pyridine rings is 1. The lowest BCUT2D eigenvalue weighted by Gasteiger charge is -2.44. The molecule has 9 heteroatoms. The van der Waals surface area contributed by atoms with Crippen molar-refractivity contribution in [1.82, 2.24) is 14.4 Å². The van der Waals surface area contributed by atoms with Gasteiger partial charge in [-0.15, -0.1) is 0 Å². The molecule has 0 aliphatic carbocycles. The molecule has 2 fully saturated rings. The average Bonchev–Trinajstić information content (AvgIpc) is 2.86. The van der Waals surface area contributed by atoms with Crippen LogP contribution in [0.25, 0.3) is 10.9 Å². The quantitative estimate of drug-likeness (QED) is 0.547. The molecule has 0 radical (unpaired) electrons. The van der Waals surface area contributed by atoms with Gasteiger partial charge in [-0.25, -0.2) is 9.36 Å². The third-order valence-electron chi connectivity index (χ3n) is 6.56. The number of piperazine rings is 1. The van der Waals surface area contributed by atoms with Gasteiger partial charge in [0.1, 0.15) is 0 Å². The van der Waals surface area contributed by atoms with Gasteiger partial charge in [-0.2, -0.15) is 0 Å². The molecule has 0 bridgehead atoms. The van der Waals surface area contributed by atoms with Gasteiger partial charge in [0.25, 0.3) is 5.56 Å². The van der Waals surface area contributed by atoms with Crippen LogP contribution in [0.2, 0.25) is 10.0 Å². The summed E-state index contributed by atoms with van der Waals surface area (Å²) in [6.45, 7) is 5.44. The summed E-state index contributed by atoms with van der Waals surface area (Å²) >= 11 is 12.4. The summed E-state index contributed by atoms with van der Waals surface area (Å²) in [6, 6.07) is 15.9. The number of morpholine rings is 1. The number of hydrogen-bond donors (Lipinski definition) is 0. The highest BCUT2D eigenvalue weighted by Crippen LogP contribution is 2.29. The number of nitrogens with zero attached hydrogens (tertiary/aromatic N) is 4. The fourth-order valence-electron chi connectivity index (χ4n) is 4.77. The minimum absolute atomic E-state index is 0.111. The van der Waals surface area contributed by atoms with Crippen molar-refractivity contribution in [3.05, 3.63) is 75.0 Å². The molecule has 2 saturated heterocycles. The van der Waals surface area contributed by atoms with Crippen LogP contribution in [0.3, 0.4) is 0 Å². The average molecular weight is 501 g/mol. The van der Waals surface area contributed by atoms with Crippen LogP contribution in [0.5, 0.6) is 0 Å². The highest BCUT2D eigenvalue weighted by atomic mass is 35.5. The van der Waals surface area contributed by atoms with Crippen molar-refractivity contribution in [2.24, 2.45) is 0 Å². The van der Waals surface area contributed by atoms with Crippen LogP contribution in [-0.4, -0.2) is 78.9 Å². The number of ether oxygens (including phenoxy) is 1. The van der Waals surface area contributed by atoms with Gasteiger partial charge in [0.2, 0.25) is 0 Å². The van der Waals surface area contributed by atoms with Gasteiger partial charge in [-0.1, -0.05) is 41.4 Å². The van der Waals surface area contributed by atoms with Gasteiger partial charge in [-0.3, -0.25) is 9.69 Å². The maximum atomic E-state index is 13.8. The summed E-state index contributed by atoms with van der Waals surface area (Å²) in [5.74, 6) is 0. The fraction of sp³-hybridized carbons (Fsp3) is 0.360. The molecule has 1 atom stereocenters. The van der Waals surface area contributed by atoms with Crippen molar-refractivity contribution >= 4 is 45.8 Å². The van der Waals surface area contributed by atoms with E-state index in [0.717, 1.165) is 24.2 Å². The van der Waals surface area contributed by atoms with E-state index in [9.17, 15) is 9.59 Å². The number of halogens is 2. The number of amides is 1. The molecular weight excluding hydrogens is 475 g/mol. The highest BCUT2D eigenvalue weighted by Gasteiger charge is 2.34. The van der Waals surface area contributed by atoms with Gasteiger partial charge in [0.05, 0.1) is 34.8 Å². The van der Waals surface area contributed by atoms with Gasteiger partial charge in [-0.05, 0) is 35.7 Å². The summed E-state index contributed by atoms with van der Waals surface area (Å²) in [7, 11) is 0. The molecule has 3 aromatic rings. The van der Waals surface area contributed by atoms with Crippen molar-refractivity contribution < 1.29 is 9.53 Å². The van der Waals surface area contributed by atoms with Crippen molar-refractivity contribution in [3.8, 4) is 0 Å². The standard InChI is InChI=1S/C25H26Cl2N4O3/c26-21-7-6-19(15-22(21)27)29-9-10-30(20(17-29)16-28-11-13-34-14-12-28)25(33)31-23-4-2-1-3-18(23)5-8-24(31)32/h1-8,15,20H,9-14,16-17H2. The first-order valence-electron chi connectivity index (χ1n) is 11.4. The van der Waals surface area contributed by atoms with E-state index >= 15 is 0 Å². The number of hydrogen-bond acceptors (Lipinski definition) is 5. The Balaban J connectivity index is 1.46. The Morgan fingerprint density at radius 1 is 0.941 bits per heavy atom. The van der Waals surface area contributed by atoms with Crippen LogP contribution in [-0.2, 0) is 4.74 Å². The highest BCUT2D eigenvalue weighted by molar-refractivity contribution is 6.42. The number of anilines is 1. The molecule has 2 aliphatic heterocycles. The molecule has 2 aliphatic rings. The van der Waals surface area contributed by atoms with E-state index in [2.05, 4.69) is 9.80 Å². The Morgan fingerprint density at radius 3 is 2.53 bits per heavy atom. The molecule has 2 aromatic carbocycles. The summed E-state index contributed by atoms with van der Waals surface area (Å²) < 4.78 is 6.81. The smallest absolute Gasteiger partial charge is 0.332 e. The van der Waals surface area contributed by atoms with E-state index < -0.39 is 0 Å². The van der Waals surface area contributed by atoms with E-state index in [-0.39, 0.29) is 17.6 Å². The molecule has 34 heavy (non-hydrogen) atoms. The Bertz CT molecular complexity index is 1260. The Hall–Kier alpha value is -2.58. The van der Waals surface area contributed by atoms with E-state index in [1.807, 2.05) is 41.3 Å².